The van der Waals surface area contributed by atoms with E-state index in [-0.39, 0.29) is 0 Å². The van der Waals surface area contributed by atoms with Crippen molar-refractivity contribution >= 4 is 22.4 Å². The molecule has 0 saturated carbocycles. The van der Waals surface area contributed by atoms with Crippen LogP contribution in [0.5, 0.6) is 0 Å². The van der Waals surface area contributed by atoms with Crippen LogP contribution in [0.2, 0.25) is 0 Å². The third kappa shape index (κ3) is 1.58. The number of hydrogen-bond acceptors (Lipinski definition) is 4. The summed E-state index contributed by atoms with van der Waals surface area (Å²) in [7, 11) is 1.89. The molecule has 0 aliphatic carbocycles. The van der Waals surface area contributed by atoms with Crippen LogP contribution in [0.4, 0.5) is 11.5 Å². The maximum atomic E-state index is 5.85. The normalized spacial score (nSPS) is 10.6. The van der Waals surface area contributed by atoms with Crippen molar-refractivity contribution in [1.82, 2.24) is 9.97 Å². The number of fused-ring (bicyclic) bond motifs is 1. The maximum absolute atomic E-state index is 5.85. The zero-order valence-corrected chi connectivity index (χ0v) is 9.13. The summed E-state index contributed by atoms with van der Waals surface area (Å²) in [4.78, 5) is 8.50. The lowest BCUT2D eigenvalue weighted by molar-refractivity contribution is 1.10. The fraction of sp³-hybridized carbons (Fsp3) is 0.273. The standard InChI is InChI=1S/C11H14N4/c1-6-4-10-8(5-9(6)13-3)11(12)15-7(2)14-10/h4-5,13H,1-3H3,(H2,12,14,15). The molecule has 0 fully saturated rings. The summed E-state index contributed by atoms with van der Waals surface area (Å²) in [5, 5.41) is 4.02. The number of nitrogen functional groups attached to an aromatic ring is 1. The van der Waals surface area contributed by atoms with Gasteiger partial charge in [-0.2, -0.15) is 0 Å². The monoisotopic (exact) mass is 202 g/mol. The highest BCUT2D eigenvalue weighted by Crippen LogP contribution is 2.25. The highest BCUT2D eigenvalue weighted by molar-refractivity contribution is 5.91. The van der Waals surface area contributed by atoms with Gasteiger partial charge in [0, 0.05) is 18.1 Å². The summed E-state index contributed by atoms with van der Waals surface area (Å²) in [6.45, 7) is 3.88. The number of nitrogens with zero attached hydrogens (tertiary/aromatic N) is 2. The van der Waals surface area contributed by atoms with Gasteiger partial charge in [0.1, 0.15) is 11.6 Å². The summed E-state index contributed by atoms with van der Waals surface area (Å²) in [6.07, 6.45) is 0. The van der Waals surface area contributed by atoms with Crippen molar-refractivity contribution in [3.8, 4) is 0 Å². The number of aromatic nitrogens is 2. The van der Waals surface area contributed by atoms with Crippen molar-refractivity contribution < 1.29 is 0 Å². The lowest BCUT2D eigenvalue weighted by Gasteiger charge is -2.08. The Morgan fingerprint density at radius 3 is 2.60 bits per heavy atom. The van der Waals surface area contributed by atoms with Crippen molar-refractivity contribution in [1.29, 1.82) is 0 Å². The van der Waals surface area contributed by atoms with E-state index in [0.29, 0.717) is 11.6 Å². The molecule has 1 aromatic heterocycles. The van der Waals surface area contributed by atoms with E-state index in [1.807, 2.05) is 33.0 Å². The zero-order chi connectivity index (χ0) is 11.0. The summed E-state index contributed by atoms with van der Waals surface area (Å²) in [6, 6.07) is 4.01. The number of hydrogen-bond donors (Lipinski definition) is 2. The molecule has 0 unspecified atom stereocenters. The van der Waals surface area contributed by atoms with E-state index in [9.17, 15) is 0 Å². The summed E-state index contributed by atoms with van der Waals surface area (Å²) >= 11 is 0. The van der Waals surface area contributed by atoms with Gasteiger partial charge in [-0.15, -0.1) is 0 Å². The third-order valence-corrected chi connectivity index (χ3v) is 2.45. The predicted molar refractivity (Wildman–Crippen MR) is 63.0 cm³/mol. The minimum Gasteiger partial charge on any atom is -0.388 e. The van der Waals surface area contributed by atoms with Gasteiger partial charge in [-0.1, -0.05) is 0 Å². The molecule has 1 heterocycles. The molecule has 2 aromatic rings. The van der Waals surface area contributed by atoms with Gasteiger partial charge in [0.25, 0.3) is 0 Å². The molecule has 0 amide bonds. The molecule has 78 valence electrons. The number of rotatable bonds is 1. The van der Waals surface area contributed by atoms with E-state index in [4.69, 9.17) is 5.73 Å². The van der Waals surface area contributed by atoms with Gasteiger partial charge < -0.3 is 11.1 Å². The average Bonchev–Trinajstić information content (AvgIpc) is 2.16. The number of nitrogens with two attached hydrogens (primary N) is 1. The molecule has 0 aliphatic rings. The second-order valence-corrected chi connectivity index (χ2v) is 3.59. The van der Waals surface area contributed by atoms with Crippen molar-refractivity contribution in [3.05, 3.63) is 23.5 Å². The molecule has 15 heavy (non-hydrogen) atoms. The van der Waals surface area contributed by atoms with Crippen LogP contribution in [0, 0.1) is 13.8 Å². The predicted octanol–water partition coefficient (Wildman–Crippen LogP) is 1.87. The third-order valence-electron chi connectivity index (χ3n) is 2.45. The summed E-state index contributed by atoms with van der Waals surface area (Å²) in [5.74, 6) is 1.24. The highest BCUT2D eigenvalue weighted by Gasteiger charge is 2.05. The molecule has 0 radical (unpaired) electrons. The van der Waals surface area contributed by atoms with Gasteiger partial charge in [0.15, 0.2) is 0 Å². The van der Waals surface area contributed by atoms with Crippen molar-refractivity contribution in [2.24, 2.45) is 0 Å². The summed E-state index contributed by atoms with van der Waals surface area (Å²) in [5.41, 5.74) is 8.96. The molecular weight excluding hydrogens is 188 g/mol. The Bertz CT molecular complexity index is 519. The Balaban J connectivity index is 2.81. The Morgan fingerprint density at radius 2 is 1.93 bits per heavy atom. The molecular formula is C11H14N4. The molecule has 0 aliphatic heterocycles. The first-order valence-electron chi connectivity index (χ1n) is 4.84. The zero-order valence-electron chi connectivity index (χ0n) is 9.13. The van der Waals surface area contributed by atoms with E-state index >= 15 is 0 Å². The van der Waals surface area contributed by atoms with Crippen LogP contribution < -0.4 is 11.1 Å². The lowest BCUT2D eigenvalue weighted by Crippen LogP contribution is -1.99. The van der Waals surface area contributed by atoms with Crippen molar-refractivity contribution in [3.63, 3.8) is 0 Å². The molecule has 2 rings (SSSR count). The van der Waals surface area contributed by atoms with E-state index in [2.05, 4.69) is 15.3 Å². The second-order valence-electron chi connectivity index (χ2n) is 3.59. The molecule has 4 nitrogen and oxygen atoms in total. The minimum absolute atomic E-state index is 0.536. The van der Waals surface area contributed by atoms with Crippen molar-refractivity contribution in [2.75, 3.05) is 18.1 Å². The highest BCUT2D eigenvalue weighted by atomic mass is 14.9. The molecule has 0 atom stereocenters. The quantitative estimate of drug-likeness (QED) is 0.741. The number of aryl methyl sites for hydroxylation is 2. The van der Waals surface area contributed by atoms with Gasteiger partial charge in [-0.05, 0) is 31.5 Å². The van der Waals surface area contributed by atoms with Gasteiger partial charge in [-0.25, -0.2) is 9.97 Å². The summed E-state index contributed by atoms with van der Waals surface area (Å²) < 4.78 is 0. The Hall–Kier alpha value is -1.84. The van der Waals surface area contributed by atoms with Crippen LogP contribution >= 0.6 is 0 Å². The molecule has 1 aromatic carbocycles. The van der Waals surface area contributed by atoms with E-state index in [1.165, 1.54) is 0 Å². The van der Waals surface area contributed by atoms with E-state index in [0.717, 1.165) is 22.2 Å². The number of anilines is 2. The SMILES string of the molecule is CNc1cc2c(N)nc(C)nc2cc1C. The number of benzene rings is 1. The molecule has 0 saturated heterocycles. The first-order valence-corrected chi connectivity index (χ1v) is 4.84. The van der Waals surface area contributed by atoms with Crippen LogP contribution in [-0.4, -0.2) is 17.0 Å². The van der Waals surface area contributed by atoms with Crippen LogP contribution in [0.1, 0.15) is 11.4 Å². The number of nitrogens with one attached hydrogen (secondary N) is 1. The van der Waals surface area contributed by atoms with Gasteiger partial charge >= 0.3 is 0 Å². The largest absolute Gasteiger partial charge is 0.388 e. The molecule has 0 bridgehead atoms. The first-order chi connectivity index (χ1) is 7.11. The van der Waals surface area contributed by atoms with Crippen LogP contribution in [0.25, 0.3) is 10.9 Å². The maximum Gasteiger partial charge on any atom is 0.135 e. The van der Waals surface area contributed by atoms with Crippen LogP contribution in [-0.2, 0) is 0 Å². The molecule has 4 heteroatoms. The minimum atomic E-state index is 0.536. The van der Waals surface area contributed by atoms with Gasteiger partial charge in [0.05, 0.1) is 5.52 Å². The van der Waals surface area contributed by atoms with E-state index in [1.54, 1.807) is 0 Å². The van der Waals surface area contributed by atoms with Gasteiger partial charge in [0.2, 0.25) is 0 Å². The van der Waals surface area contributed by atoms with Crippen molar-refractivity contribution in [2.45, 2.75) is 13.8 Å². The average molecular weight is 202 g/mol. The van der Waals surface area contributed by atoms with E-state index < -0.39 is 0 Å². The van der Waals surface area contributed by atoms with Crippen LogP contribution in [0.3, 0.4) is 0 Å². The first kappa shape index (κ1) is 9.71. The fourth-order valence-corrected chi connectivity index (χ4v) is 1.69. The fourth-order valence-electron chi connectivity index (χ4n) is 1.69. The Kier molecular flexibility index (Phi) is 2.19. The lowest BCUT2D eigenvalue weighted by atomic mass is 10.1. The Labute approximate surface area is 88.5 Å². The molecule has 0 spiro atoms. The topological polar surface area (TPSA) is 63.8 Å². The van der Waals surface area contributed by atoms with Crippen LogP contribution in [0.15, 0.2) is 12.1 Å². The van der Waals surface area contributed by atoms with Gasteiger partial charge in [-0.3, -0.25) is 0 Å². The molecule has 3 N–H and O–H groups in total. The smallest absolute Gasteiger partial charge is 0.135 e. The second kappa shape index (κ2) is 3.38. The Morgan fingerprint density at radius 1 is 1.20 bits per heavy atom.